The van der Waals surface area contributed by atoms with E-state index in [0.717, 1.165) is 19.1 Å². The SMILES string of the molecule is [C-]#[N+]C([N+]#[C-])=C1Cc2c(-c3c(F)c(F)c(F)c(F)c3F)c3c(c(-c4c(F)c(F)c(F)c(F)c4F)c2=C1C)CC(=C(C#N)C#N)C=3C(F)(F)F. The van der Waals surface area contributed by atoms with E-state index in [4.69, 9.17) is 13.1 Å². The molecule has 17 heteroatoms. The third-order valence-corrected chi connectivity index (χ3v) is 8.00. The first kappa shape index (κ1) is 34.3. The van der Waals surface area contributed by atoms with Crippen LogP contribution in [0.25, 0.3) is 43.1 Å². The smallest absolute Gasteiger partial charge is 0.203 e. The van der Waals surface area contributed by atoms with Crippen molar-refractivity contribution in [2.45, 2.75) is 25.9 Å². The number of rotatable bonds is 2. The van der Waals surface area contributed by atoms with Gasteiger partial charge in [-0.3, -0.25) is 0 Å². The van der Waals surface area contributed by atoms with Crippen molar-refractivity contribution < 1.29 is 57.1 Å². The molecule has 0 fully saturated rings. The van der Waals surface area contributed by atoms with Gasteiger partial charge < -0.3 is 0 Å². The number of hydrogen-bond acceptors (Lipinski definition) is 2. The van der Waals surface area contributed by atoms with Gasteiger partial charge in [0.05, 0.1) is 22.3 Å². The first-order chi connectivity index (χ1) is 22.9. The molecular formula is C32H7F13N4. The first-order valence-corrected chi connectivity index (χ1v) is 13.0. The molecule has 0 bridgehead atoms. The maximum atomic E-state index is 15.5. The van der Waals surface area contributed by atoms with Crippen LogP contribution in [0.5, 0.6) is 0 Å². The number of nitrogens with zero attached hydrogens (tertiary/aromatic N) is 4. The molecule has 5 rings (SSSR count). The van der Waals surface area contributed by atoms with E-state index in [2.05, 4.69) is 9.69 Å². The van der Waals surface area contributed by atoms with Crippen LogP contribution in [0.3, 0.4) is 0 Å². The van der Waals surface area contributed by atoms with Gasteiger partial charge in [0, 0.05) is 12.0 Å². The van der Waals surface area contributed by atoms with Crippen molar-refractivity contribution in [2.75, 3.05) is 0 Å². The van der Waals surface area contributed by atoms with Crippen LogP contribution in [0.4, 0.5) is 57.1 Å². The van der Waals surface area contributed by atoms with E-state index in [1.54, 1.807) is 0 Å². The van der Waals surface area contributed by atoms with Crippen molar-refractivity contribution in [1.29, 1.82) is 10.5 Å². The molecule has 0 unspecified atom stereocenters. The Morgan fingerprint density at radius 2 is 0.918 bits per heavy atom. The molecule has 0 amide bonds. The van der Waals surface area contributed by atoms with Gasteiger partial charge in [-0.1, -0.05) is 0 Å². The van der Waals surface area contributed by atoms with E-state index in [-0.39, 0.29) is 0 Å². The van der Waals surface area contributed by atoms with Crippen LogP contribution in [0, 0.1) is 94.0 Å². The fraction of sp³-hybridized carbons (Fsp3) is 0.125. The Hall–Kier alpha value is -6.07. The van der Waals surface area contributed by atoms with Crippen molar-refractivity contribution in [1.82, 2.24) is 0 Å². The largest absolute Gasteiger partial charge is 0.523 e. The molecule has 0 heterocycles. The number of hydrogen-bond donors (Lipinski definition) is 0. The topological polar surface area (TPSA) is 56.3 Å². The maximum absolute atomic E-state index is 15.5. The zero-order valence-corrected chi connectivity index (χ0v) is 23.6. The summed E-state index contributed by atoms with van der Waals surface area (Å²) in [4.78, 5) is 5.84. The van der Waals surface area contributed by atoms with Gasteiger partial charge in [0.25, 0.3) is 0 Å². The molecule has 3 aromatic rings. The fourth-order valence-electron chi connectivity index (χ4n) is 6.07. The molecule has 0 radical (unpaired) electrons. The van der Waals surface area contributed by atoms with Gasteiger partial charge in [-0.25, -0.2) is 43.9 Å². The second-order valence-electron chi connectivity index (χ2n) is 10.3. The Morgan fingerprint density at radius 3 is 1.29 bits per heavy atom. The average Bonchev–Trinajstić information content (AvgIpc) is 3.62. The van der Waals surface area contributed by atoms with Crippen molar-refractivity contribution in [3.63, 3.8) is 0 Å². The Morgan fingerprint density at radius 1 is 0.571 bits per heavy atom. The maximum Gasteiger partial charge on any atom is 0.523 e. The highest BCUT2D eigenvalue weighted by atomic mass is 19.4. The lowest BCUT2D eigenvalue weighted by molar-refractivity contribution is -0.0695. The Kier molecular flexibility index (Phi) is 8.09. The van der Waals surface area contributed by atoms with E-state index < -0.39 is 155 Å². The third-order valence-electron chi connectivity index (χ3n) is 8.00. The summed E-state index contributed by atoms with van der Waals surface area (Å²) in [6.45, 7) is 15.6. The second-order valence-corrected chi connectivity index (χ2v) is 10.3. The van der Waals surface area contributed by atoms with Crippen LogP contribution in [-0.4, -0.2) is 6.18 Å². The molecule has 0 saturated heterocycles. The minimum absolute atomic E-state index is 0.490. The molecule has 2 aliphatic carbocycles. The highest BCUT2D eigenvalue weighted by Crippen LogP contribution is 2.46. The van der Waals surface area contributed by atoms with E-state index >= 15 is 17.6 Å². The Bertz CT molecular complexity index is 2390. The normalized spacial score (nSPS) is 13.5. The Balaban J connectivity index is 2.32. The number of allylic oxidation sites excluding steroid dienone is 3. The standard InChI is InChI=1S/C32H7F13N4/c1-8-10(31(48-2)49-3)4-12-14(8)15(18-21(33)25(37)29(41)26(38)22(18)34)13-5-11(9(6-46)7-47)20(32(43,44)45)17(13)16(12)19-23(35)27(39)30(42)28(40)24(19)36/h4-5H2,1H3. The summed E-state index contributed by atoms with van der Waals surface area (Å²) in [6, 6.07) is 2.26. The van der Waals surface area contributed by atoms with Gasteiger partial charge in [-0.05, 0) is 51.6 Å². The van der Waals surface area contributed by atoms with Crippen molar-refractivity contribution in [3.8, 4) is 34.4 Å². The summed E-state index contributed by atoms with van der Waals surface area (Å²) >= 11 is 0. The van der Waals surface area contributed by atoms with Crippen molar-refractivity contribution in [2.24, 2.45) is 0 Å². The molecule has 3 aromatic carbocycles. The van der Waals surface area contributed by atoms with E-state index in [0.29, 0.717) is 0 Å². The predicted molar refractivity (Wildman–Crippen MR) is 141 cm³/mol. The van der Waals surface area contributed by atoms with Crippen molar-refractivity contribution >= 4 is 11.1 Å². The van der Waals surface area contributed by atoms with Gasteiger partial charge in [-0.2, -0.15) is 33.4 Å². The zero-order chi connectivity index (χ0) is 36.6. The lowest BCUT2D eigenvalue weighted by Gasteiger charge is -2.19. The van der Waals surface area contributed by atoms with E-state index in [1.807, 2.05) is 0 Å². The van der Waals surface area contributed by atoms with Crippen LogP contribution in [-0.2, 0) is 12.8 Å². The van der Waals surface area contributed by atoms with Gasteiger partial charge in [0.1, 0.15) is 30.9 Å². The van der Waals surface area contributed by atoms with Gasteiger partial charge in [-0.15, -0.1) is 0 Å². The monoisotopic (exact) mass is 694 g/mol. The molecule has 0 N–H and O–H groups in total. The molecule has 0 spiro atoms. The summed E-state index contributed by atoms with van der Waals surface area (Å²) in [7, 11) is 0. The minimum atomic E-state index is -5.80. The van der Waals surface area contributed by atoms with Crippen LogP contribution >= 0.6 is 0 Å². The number of fused-ring (bicyclic) bond motifs is 2. The summed E-state index contributed by atoms with van der Waals surface area (Å²) in [5.74, 6) is -27.5. The van der Waals surface area contributed by atoms with E-state index in [1.165, 1.54) is 0 Å². The average molecular weight is 694 g/mol. The summed E-state index contributed by atoms with van der Waals surface area (Å²) in [5, 5.41) is 16.4. The molecule has 4 nitrogen and oxygen atoms in total. The molecule has 0 atom stereocenters. The summed E-state index contributed by atoms with van der Waals surface area (Å²) < 4.78 is 194. The molecule has 0 aliphatic heterocycles. The highest BCUT2D eigenvalue weighted by molar-refractivity contribution is 5.93. The number of halogens is 13. The summed E-state index contributed by atoms with van der Waals surface area (Å²) in [6.07, 6.45) is -8.30. The van der Waals surface area contributed by atoms with Gasteiger partial charge in [0.2, 0.25) is 11.6 Å². The third kappa shape index (κ3) is 4.65. The van der Waals surface area contributed by atoms with Crippen LogP contribution in [0.1, 0.15) is 18.1 Å². The molecule has 2 aliphatic rings. The number of alkyl halides is 3. The van der Waals surface area contributed by atoms with Gasteiger partial charge >= 0.3 is 12.0 Å². The summed E-state index contributed by atoms with van der Waals surface area (Å²) in [5.41, 5.74) is -14.7. The van der Waals surface area contributed by atoms with Crippen LogP contribution in [0.15, 0.2) is 22.5 Å². The molecule has 0 aromatic heterocycles. The second kappa shape index (κ2) is 11.6. The fourth-order valence-corrected chi connectivity index (χ4v) is 6.07. The number of nitriles is 2. The zero-order valence-electron chi connectivity index (χ0n) is 23.6. The molecule has 0 saturated carbocycles. The van der Waals surface area contributed by atoms with Gasteiger partial charge in [0.15, 0.2) is 46.5 Å². The quantitative estimate of drug-likeness (QED) is 0.0905. The lowest BCUT2D eigenvalue weighted by Crippen LogP contribution is -2.29. The van der Waals surface area contributed by atoms with Crippen molar-refractivity contribution in [3.05, 3.63) is 125 Å². The van der Waals surface area contributed by atoms with E-state index in [9.17, 15) is 50.0 Å². The van der Waals surface area contributed by atoms with Crippen LogP contribution in [0.2, 0.25) is 0 Å². The molecular weight excluding hydrogens is 687 g/mol. The Labute approximate surface area is 264 Å². The predicted octanol–water partition coefficient (Wildman–Crippen LogP) is 7.80. The number of benzene rings is 3. The first-order valence-electron chi connectivity index (χ1n) is 13.0. The molecule has 49 heavy (non-hydrogen) atoms. The lowest BCUT2D eigenvalue weighted by atomic mass is 9.85. The molecule has 246 valence electrons. The van der Waals surface area contributed by atoms with Crippen LogP contribution < -0.4 is 10.4 Å². The highest BCUT2D eigenvalue weighted by Gasteiger charge is 2.46. The minimum Gasteiger partial charge on any atom is -0.203 e.